The second-order valence-corrected chi connectivity index (χ2v) is 4.31. The standard InChI is InChI=1S/C11H20N4O/c1-8(2)9(7-16)13-10-5-6-12-11(14-10)15(3)4/h5-6,8-9,16H,7H2,1-4H3,(H,12,13,14). The number of aliphatic hydroxyl groups excluding tert-OH is 1. The summed E-state index contributed by atoms with van der Waals surface area (Å²) in [5, 5.41) is 12.4. The summed E-state index contributed by atoms with van der Waals surface area (Å²) in [6.07, 6.45) is 1.71. The first kappa shape index (κ1) is 12.7. The van der Waals surface area contributed by atoms with Gasteiger partial charge in [-0.05, 0) is 12.0 Å². The van der Waals surface area contributed by atoms with Gasteiger partial charge >= 0.3 is 0 Å². The predicted octanol–water partition coefficient (Wildman–Crippen LogP) is 0.971. The molecular weight excluding hydrogens is 204 g/mol. The number of aliphatic hydroxyl groups is 1. The average Bonchev–Trinajstić information content (AvgIpc) is 2.25. The molecule has 0 radical (unpaired) electrons. The minimum absolute atomic E-state index is 0.0184. The molecular formula is C11H20N4O. The summed E-state index contributed by atoms with van der Waals surface area (Å²) in [5.41, 5.74) is 0. The molecule has 2 N–H and O–H groups in total. The van der Waals surface area contributed by atoms with Crippen molar-refractivity contribution in [2.24, 2.45) is 5.92 Å². The smallest absolute Gasteiger partial charge is 0.226 e. The summed E-state index contributed by atoms with van der Waals surface area (Å²) in [7, 11) is 3.79. The Balaban J connectivity index is 2.76. The monoisotopic (exact) mass is 224 g/mol. The van der Waals surface area contributed by atoms with Crippen LogP contribution in [0, 0.1) is 5.92 Å². The van der Waals surface area contributed by atoms with E-state index in [9.17, 15) is 5.11 Å². The number of hydrogen-bond donors (Lipinski definition) is 2. The van der Waals surface area contributed by atoms with Gasteiger partial charge in [0.2, 0.25) is 5.95 Å². The van der Waals surface area contributed by atoms with Gasteiger partial charge in [0.15, 0.2) is 0 Å². The van der Waals surface area contributed by atoms with E-state index in [1.165, 1.54) is 0 Å². The van der Waals surface area contributed by atoms with Crippen LogP contribution < -0.4 is 10.2 Å². The fourth-order valence-corrected chi connectivity index (χ4v) is 1.26. The Hall–Kier alpha value is -1.36. The summed E-state index contributed by atoms with van der Waals surface area (Å²) in [5.74, 6) is 1.75. The molecule has 1 heterocycles. The van der Waals surface area contributed by atoms with Gasteiger partial charge in [0.05, 0.1) is 12.6 Å². The minimum atomic E-state index is 0.0184. The molecule has 0 aromatic carbocycles. The Labute approximate surface area is 96.5 Å². The topological polar surface area (TPSA) is 61.3 Å². The zero-order valence-corrected chi connectivity index (χ0v) is 10.3. The molecule has 1 unspecified atom stereocenters. The Morgan fingerprint density at radius 1 is 1.44 bits per heavy atom. The molecule has 0 spiro atoms. The van der Waals surface area contributed by atoms with Gasteiger partial charge in [-0.2, -0.15) is 4.98 Å². The third-order valence-corrected chi connectivity index (χ3v) is 2.38. The third kappa shape index (κ3) is 3.34. The van der Waals surface area contributed by atoms with E-state index in [1.54, 1.807) is 12.3 Å². The molecule has 5 heteroatoms. The van der Waals surface area contributed by atoms with Gasteiger partial charge in [-0.1, -0.05) is 13.8 Å². The van der Waals surface area contributed by atoms with E-state index in [4.69, 9.17) is 0 Å². The van der Waals surface area contributed by atoms with Crippen molar-refractivity contribution in [1.29, 1.82) is 0 Å². The van der Waals surface area contributed by atoms with Crippen molar-refractivity contribution in [3.8, 4) is 0 Å². The van der Waals surface area contributed by atoms with Gasteiger partial charge in [-0.3, -0.25) is 0 Å². The first-order chi connectivity index (χ1) is 7.54. The normalized spacial score (nSPS) is 12.6. The van der Waals surface area contributed by atoms with Crippen LogP contribution in [0.15, 0.2) is 12.3 Å². The maximum absolute atomic E-state index is 9.22. The molecule has 0 aliphatic heterocycles. The molecule has 5 nitrogen and oxygen atoms in total. The predicted molar refractivity (Wildman–Crippen MR) is 65.7 cm³/mol. The lowest BCUT2D eigenvalue weighted by atomic mass is 10.1. The molecule has 0 aliphatic carbocycles. The first-order valence-electron chi connectivity index (χ1n) is 5.42. The van der Waals surface area contributed by atoms with Crippen molar-refractivity contribution in [2.45, 2.75) is 19.9 Å². The molecule has 1 rings (SSSR count). The van der Waals surface area contributed by atoms with Crippen molar-refractivity contribution in [3.05, 3.63) is 12.3 Å². The highest BCUT2D eigenvalue weighted by molar-refractivity contribution is 5.41. The molecule has 0 saturated heterocycles. The molecule has 16 heavy (non-hydrogen) atoms. The number of nitrogens with one attached hydrogen (secondary N) is 1. The summed E-state index contributed by atoms with van der Waals surface area (Å²) in [6, 6.07) is 1.82. The number of anilines is 2. The van der Waals surface area contributed by atoms with Crippen LogP contribution in [0.1, 0.15) is 13.8 Å². The second-order valence-electron chi connectivity index (χ2n) is 4.31. The van der Waals surface area contributed by atoms with Crippen molar-refractivity contribution in [1.82, 2.24) is 9.97 Å². The number of rotatable bonds is 5. The van der Waals surface area contributed by atoms with Crippen LogP contribution in [0.5, 0.6) is 0 Å². The first-order valence-corrected chi connectivity index (χ1v) is 5.42. The molecule has 0 aliphatic rings. The third-order valence-electron chi connectivity index (χ3n) is 2.38. The van der Waals surface area contributed by atoms with Crippen LogP contribution in [-0.4, -0.2) is 41.8 Å². The lowest BCUT2D eigenvalue weighted by Crippen LogP contribution is -2.30. The van der Waals surface area contributed by atoms with Gasteiger partial charge in [0, 0.05) is 20.3 Å². The minimum Gasteiger partial charge on any atom is -0.394 e. The largest absolute Gasteiger partial charge is 0.394 e. The Morgan fingerprint density at radius 3 is 2.62 bits per heavy atom. The van der Waals surface area contributed by atoms with Crippen LogP contribution in [0.3, 0.4) is 0 Å². The van der Waals surface area contributed by atoms with Crippen LogP contribution in [0.4, 0.5) is 11.8 Å². The van der Waals surface area contributed by atoms with Crippen molar-refractivity contribution >= 4 is 11.8 Å². The highest BCUT2D eigenvalue weighted by Gasteiger charge is 2.12. The zero-order valence-electron chi connectivity index (χ0n) is 10.3. The van der Waals surface area contributed by atoms with Crippen LogP contribution in [-0.2, 0) is 0 Å². The maximum Gasteiger partial charge on any atom is 0.226 e. The van der Waals surface area contributed by atoms with Crippen molar-refractivity contribution < 1.29 is 5.11 Å². The van der Waals surface area contributed by atoms with E-state index >= 15 is 0 Å². The van der Waals surface area contributed by atoms with E-state index in [2.05, 4.69) is 29.1 Å². The number of nitrogens with zero attached hydrogens (tertiary/aromatic N) is 3. The Morgan fingerprint density at radius 2 is 2.12 bits per heavy atom. The highest BCUT2D eigenvalue weighted by Crippen LogP contribution is 2.12. The number of hydrogen-bond acceptors (Lipinski definition) is 5. The molecule has 0 amide bonds. The van der Waals surface area contributed by atoms with E-state index in [1.807, 2.05) is 19.0 Å². The second kappa shape index (κ2) is 5.65. The molecule has 1 aromatic rings. The van der Waals surface area contributed by atoms with Crippen molar-refractivity contribution in [3.63, 3.8) is 0 Å². The lowest BCUT2D eigenvalue weighted by Gasteiger charge is -2.21. The van der Waals surface area contributed by atoms with Crippen LogP contribution in [0.25, 0.3) is 0 Å². The summed E-state index contributed by atoms with van der Waals surface area (Å²) in [4.78, 5) is 10.3. The molecule has 0 bridgehead atoms. The summed E-state index contributed by atoms with van der Waals surface area (Å²) < 4.78 is 0. The maximum atomic E-state index is 9.22. The van der Waals surface area contributed by atoms with E-state index in [0.717, 1.165) is 5.82 Å². The molecule has 0 saturated carbocycles. The fraction of sp³-hybridized carbons (Fsp3) is 0.636. The van der Waals surface area contributed by atoms with E-state index in [0.29, 0.717) is 11.9 Å². The Bertz CT molecular complexity index is 328. The fourth-order valence-electron chi connectivity index (χ4n) is 1.26. The zero-order chi connectivity index (χ0) is 12.1. The van der Waals surface area contributed by atoms with Crippen LogP contribution >= 0.6 is 0 Å². The average molecular weight is 224 g/mol. The van der Waals surface area contributed by atoms with E-state index < -0.39 is 0 Å². The van der Waals surface area contributed by atoms with Gasteiger partial charge < -0.3 is 15.3 Å². The van der Waals surface area contributed by atoms with Gasteiger partial charge in [0.25, 0.3) is 0 Å². The van der Waals surface area contributed by atoms with Crippen molar-refractivity contribution in [2.75, 3.05) is 30.9 Å². The lowest BCUT2D eigenvalue weighted by molar-refractivity contribution is 0.249. The van der Waals surface area contributed by atoms with Gasteiger partial charge in [-0.15, -0.1) is 0 Å². The highest BCUT2D eigenvalue weighted by atomic mass is 16.3. The SMILES string of the molecule is CC(C)C(CO)Nc1ccnc(N(C)C)n1. The molecule has 90 valence electrons. The Kier molecular flexibility index (Phi) is 4.49. The van der Waals surface area contributed by atoms with Crippen LogP contribution in [0.2, 0.25) is 0 Å². The molecule has 1 aromatic heterocycles. The molecule has 1 atom stereocenters. The van der Waals surface area contributed by atoms with Gasteiger partial charge in [-0.25, -0.2) is 4.98 Å². The summed E-state index contributed by atoms with van der Waals surface area (Å²) >= 11 is 0. The van der Waals surface area contributed by atoms with Gasteiger partial charge in [0.1, 0.15) is 5.82 Å². The quantitative estimate of drug-likeness (QED) is 0.780. The molecule has 0 fully saturated rings. The number of aromatic nitrogens is 2. The summed E-state index contributed by atoms with van der Waals surface area (Å²) in [6.45, 7) is 4.21. The van der Waals surface area contributed by atoms with E-state index in [-0.39, 0.29) is 12.6 Å².